The molecule has 0 spiro atoms. The zero-order chi connectivity index (χ0) is 15.0. The van der Waals surface area contributed by atoms with Crippen molar-refractivity contribution in [2.24, 2.45) is 5.73 Å². The van der Waals surface area contributed by atoms with Crippen molar-refractivity contribution in [3.8, 4) is 0 Å². The fraction of sp³-hybridized carbons (Fsp3) is 0.125. The van der Waals surface area contributed by atoms with Gasteiger partial charge in [-0.15, -0.1) is 0 Å². The number of rotatable bonds is 3. The van der Waals surface area contributed by atoms with Gasteiger partial charge in [0, 0.05) is 10.4 Å². The number of hydrogen-bond acceptors (Lipinski definition) is 2. The van der Waals surface area contributed by atoms with Crippen molar-refractivity contribution in [3.63, 3.8) is 0 Å². The number of nitrogens with two attached hydrogens (primary N) is 1. The molecule has 1 aromatic heterocycles. The summed E-state index contributed by atoms with van der Waals surface area (Å²) in [4.78, 5) is 0. The van der Waals surface area contributed by atoms with Crippen molar-refractivity contribution in [2.45, 2.75) is 12.5 Å². The van der Waals surface area contributed by atoms with Crippen LogP contribution in [-0.2, 0) is 6.42 Å². The van der Waals surface area contributed by atoms with Gasteiger partial charge in [-0.25, -0.2) is 4.39 Å². The van der Waals surface area contributed by atoms with E-state index in [-0.39, 0.29) is 5.82 Å². The summed E-state index contributed by atoms with van der Waals surface area (Å²) in [6.07, 6.45) is 0.323. The number of para-hydroxylation sites is 1. The van der Waals surface area contributed by atoms with Crippen LogP contribution in [0.4, 0.5) is 4.39 Å². The average molecular weight is 369 g/mol. The Hall–Kier alpha value is -1.36. The molecule has 2 N–H and O–H groups in total. The Morgan fingerprint density at radius 1 is 1.24 bits per heavy atom. The van der Waals surface area contributed by atoms with Gasteiger partial charge < -0.3 is 10.2 Å². The standard InChI is InChI=1S/C16H12BrClFNO/c17-12-3-1-2-9-8-15(21-16(9)12)14(20)7-10-6-11(18)4-5-13(10)19/h1-6,8,14H,7,20H2. The van der Waals surface area contributed by atoms with Crippen molar-refractivity contribution in [1.82, 2.24) is 0 Å². The zero-order valence-corrected chi connectivity index (χ0v) is 13.3. The molecule has 0 saturated carbocycles. The molecular formula is C16H12BrClFNO. The molecule has 3 aromatic rings. The van der Waals surface area contributed by atoms with Gasteiger partial charge in [0.1, 0.15) is 17.2 Å². The first-order chi connectivity index (χ1) is 10.0. The lowest BCUT2D eigenvalue weighted by Crippen LogP contribution is -2.13. The normalized spacial score (nSPS) is 12.8. The molecule has 0 fully saturated rings. The Labute approximate surface area is 134 Å². The second-order valence-corrected chi connectivity index (χ2v) is 6.14. The summed E-state index contributed by atoms with van der Waals surface area (Å²) in [6.45, 7) is 0. The van der Waals surface area contributed by atoms with Crippen LogP contribution < -0.4 is 5.73 Å². The van der Waals surface area contributed by atoms with Crippen LogP contribution in [0.1, 0.15) is 17.4 Å². The Morgan fingerprint density at radius 3 is 2.81 bits per heavy atom. The number of fused-ring (bicyclic) bond motifs is 1. The summed E-state index contributed by atoms with van der Waals surface area (Å²) in [5.41, 5.74) is 7.37. The monoisotopic (exact) mass is 367 g/mol. The lowest BCUT2D eigenvalue weighted by molar-refractivity contribution is 0.486. The van der Waals surface area contributed by atoms with Crippen molar-refractivity contribution in [2.75, 3.05) is 0 Å². The van der Waals surface area contributed by atoms with E-state index in [4.69, 9.17) is 21.8 Å². The van der Waals surface area contributed by atoms with Gasteiger partial charge in [-0.05, 0) is 58.2 Å². The molecule has 0 aliphatic rings. The van der Waals surface area contributed by atoms with Gasteiger partial charge in [-0.1, -0.05) is 23.7 Å². The summed E-state index contributed by atoms with van der Waals surface area (Å²) in [5.74, 6) is 0.309. The highest BCUT2D eigenvalue weighted by Crippen LogP contribution is 2.30. The minimum absolute atomic E-state index is 0.313. The largest absolute Gasteiger partial charge is 0.458 e. The molecule has 5 heteroatoms. The number of hydrogen-bond donors (Lipinski definition) is 1. The van der Waals surface area contributed by atoms with E-state index in [0.29, 0.717) is 22.8 Å². The molecule has 2 aromatic carbocycles. The minimum Gasteiger partial charge on any atom is -0.458 e. The van der Waals surface area contributed by atoms with E-state index >= 15 is 0 Å². The highest BCUT2D eigenvalue weighted by atomic mass is 79.9. The second kappa shape index (κ2) is 5.79. The number of halogens is 3. The molecule has 0 bridgehead atoms. The maximum absolute atomic E-state index is 13.8. The fourth-order valence-electron chi connectivity index (χ4n) is 2.27. The molecular weight excluding hydrogens is 357 g/mol. The highest BCUT2D eigenvalue weighted by molar-refractivity contribution is 9.10. The van der Waals surface area contributed by atoms with Gasteiger partial charge in [-0.2, -0.15) is 0 Å². The molecule has 0 aliphatic heterocycles. The van der Waals surface area contributed by atoms with Crippen LogP contribution in [0.15, 0.2) is 51.4 Å². The van der Waals surface area contributed by atoms with Crippen LogP contribution in [0, 0.1) is 5.82 Å². The third-order valence-electron chi connectivity index (χ3n) is 3.33. The van der Waals surface area contributed by atoms with Crippen LogP contribution in [0.3, 0.4) is 0 Å². The Balaban J connectivity index is 1.91. The molecule has 1 atom stereocenters. The van der Waals surface area contributed by atoms with Crippen molar-refractivity contribution in [1.29, 1.82) is 0 Å². The van der Waals surface area contributed by atoms with Crippen molar-refractivity contribution >= 4 is 38.5 Å². The topological polar surface area (TPSA) is 39.2 Å². The van der Waals surface area contributed by atoms with Gasteiger partial charge in [0.2, 0.25) is 0 Å². The van der Waals surface area contributed by atoms with Crippen LogP contribution in [0.2, 0.25) is 5.02 Å². The lowest BCUT2D eigenvalue weighted by Gasteiger charge is -2.10. The fourth-order valence-corrected chi connectivity index (χ4v) is 2.92. The van der Waals surface area contributed by atoms with E-state index in [1.54, 1.807) is 6.07 Å². The SMILES string of the molecule is NC(Cc1cc(Cl)ccc1F)c1cc2cccc(Br)c2o1. The van der Waals surface area contributed by atoms with E-state index in [0.717, 1.165) is 15.4 Å². The van der Waals surface area contributed by atoms with E-state index in [9.17, 15) is 4.39 Å². The van der Waals surface area contributed by atoms with Crippen LogP contribution in [-0.4, -0.2) is 0 Å². The molecule has 0 radical (unpaired) electrons. The van der Waals surface area contributed by atoms with Crippen LogP contribution in [0.25, 0.3) is 11.0 Å². The Morgan fingerprint density at radius 2 is 2.05 bits per heavy atom. The molecule has 2 nitrogen and oxygen atoms in total. The maximum atomic E-state index is 13.8. The highest BCUT2D eigenvalue weighted by Gasteiger charge is 2.16. The summed E-state index contributed by atoms with van der Waals surface area (Å²) < 4.78 is 20.4. The number of furan rings is 1. The third kappa shape index (κ3) is 2.98. The predicted molar refractivity (Wildman–Crippen MR) is 86.0 cm³/mol. The molecule has 3 rings (SSSR count). The van der Waals surface area contributed by atoms with Crippen molar-refractivity contribution < 1.29 is 8.81 Å². The third-order valence-corrected chi connectivity index (χ3v) is 4.19. The van der Waals surface area contributed by atoms with Crippen LogP contribution in [0.5, 0.6) is 0 Å². The second-order valence-electron chi connectivity index (χ2n) is 4.85. The zero-order valence-electron chi connectivity index (χ0n) is 10.9. The molecule has 108 valence electrons. The molecule has 0 aliphatic carbocycles. The summed E-state index contributed by atoms with van der Waals surface area (Å²) >= 11 is 9.33. The van der Waals surface area contributed by atoms with Gasteiger partial charge >= 0.3 is 0 Å². The maximum Gasteiger partial charge on any atom is 0.148 e. The molecule has 1 unspecified atom stereocenters. The Kier molecular flexibility index (Phi) is 4.02. The molecule has 0 amide bonds. The first kappa shape index (κ1) is 14.6. The van der Waals surface area contributed by atoms with Crippen LogP contribution >= 0.6 is 27.5 Å². The average Bonchev–Trinajstić information content (AvgIpc) is 2.88. The smallest absolute Gasteiger partial charge is 0.148 e. The van der Waals surface area contributed by atoms with Gasteiger partial charge in [0.25, 0.3) is 0 Å². The Bertz CT molecular complexity index is 802. The molecule has 1 heterocycles. The first-order valence-electron chi connectivity index (χ1n) is 6.42. The van der Waals surface area contributed by atoms with E-state index in [1.165, 1.54) is 12.1 Å². The quantitative estimate of drug-likeness (QED) is 0.687. The predicted octanol–water partition coefficient (Wildman–Crippen LogP) is 5.23. The van der Waals surface area contributed by atoms with Gasteiger partial charge in [0.05, 0.1) is 10.5 Å². The summed E-state index contributed by atoms with van der Waals surface area (Å²) in [7, 11) is 0. The lowest BCUT2D eigenvalue weighted by atomic mass is 10.0. The van der Waals surface area contributed by atoms with Crippen molar-refractivity contribution in [3.05, 3.63) is 69.1 Å². The van der Waals surface area contributed by atoms with E-state index in [2.05, 4.69) is 15.9 Å². The first-order valence-corrected chi connectivity index (χ1v) is 7.59. The van der Waals surface area contributed by atoms with E-state index < -0.39 is 6.04 Å². The molecule has 0 saturated heterocycles. The van der Waals surface area contributed by atoms with E-state index in [1.807, 2.05) is 24.3 Å². The van der Waals surface area contributed by atoms with Gasteiger partial charge in [0.15, 0.2) is 0 Å². The number of benzene rings is 2. The van der Waals surface area contributed by atoms with Gasteiger partial charge in [-0.3, -0.25) is 0 Å². The minimum atomic E-state index is -0.433. The molecule has 21 heavy (non-hydrogen) atoms. The summed E-state index contributed by atoms with van der Waals surface area (Å²) in [5, 5.41) is 1.45. The summed E-state index contributed by atoms with van der Waals surface area (Å²) in [6, 6.07) is 11.7.